The van der Waals surface area contributed by atoms with E-state index in [1.807, 2.05) is 24.5 Å². The number of nitro benzene ring substituents is 1. The molecule has 0 aliphatic heterocycles. The number of rotatable bonds is 6. The predicted molar refractivity (Wildman–Crippen MR) is 110 cm³/mol. The second-order valence-electron chi connectivity index (χ2n) is 6.48. The molecule has 0 bridgehead atoms. The van der Waals surface area contributed by atoms with E-state index in [2.05, 4.69) is 10.5 Å². The lowest BCUT2D eigenvalue weighted by Crippen LogP contribution is -2.18. The van der Waals surface area contributed by atoms with Gasteiger partial charge < -0.3 is 9.30 Å². The quantitative estimate of drug-likeness (QED) is 0.378. The van der Waals surface area contributed by atoms with Crippen LogP contribution in [0.1, 0.15) is 27.3 Å². The minimum atomic E-state index is -0.640. The topological polar surface area (TPSA) is 98.8 Å². The zero-order valence-electron chi connectivity index (χ0n) is 16.5. The first-order valence-electron chi connectivity index (χ1n) is 8.92. The smallest absolute Gasteiger partial charge is 0.275 e. The van der Waals surface area contributed by atoms with Gasteiger partial charge in [-0.2, -0.15) is 5.10 Å². The summed E-state index contributed by atoms with van der Waals surface area (Å²) >= 11 is 0. The Bertz CT molecular complexity index is 1140. The van der Waals surface area contributed by atoms with Crippen LogP contribution in [0.3, 0.4) is 0 Å². The van der Waals surface area contributed by atoms with Crippen molar-refractivity contribution in [2.75, 3.05) is 7.11 Å². The molecule has 0 atom stereocenters. The van der Waals surface area contributed by atoms with Gasteiger partial charge in [0.2, 0.25) is 0 Å². The number of carbonyl (C=O) groups excluding carboxylic acids is 1. The Morgan fingerprint density at radius 3 is 2.53 bits per heavy atom. The van der Waals surface area contributed by atoms with Crippen LogP contribution >= 0.6 is 0 Å². The molecule has 30 heavy (non-hydrogen) atoms. The van der Waals surface area contributed by atoms with E-state index in [9.17, 15) is 19.3 Å². The van der Waals surface area contributed by atoms with Gasteiger partial charge in [-0.1, -0.05) is 0 Å². The molecule has 154 valence electrons. The zero-order valence-corrected chi connectivity index (χ0v) is 16.5. The van der Waals surface area contributed by atoms with Gasteiger partial charge in [0.25, 0.3) is 11.6 Å². The van der Waals surface area contributed by atoms with E-state index >= 15 is 0 Å². The number of nitro groups is 1. The Balaban J connectivity index is 1.82. The fourth-order valence-electron chi connectivity index (χ4n) is 3.11. The summed E-state index contributed by atoms with van der Waals surface area (Å²) in [5.74, 6) is -0.760. The second kappa shape index (κ2) is 8.56. The summed E-state index contributed by atoms with van der Waals surface area (Å²) in [6, 6.07) is 11.7. The molecule has 1 N–H and O–H groups in total. The summed E-state index contributed by atoms with van der Waals surface area (Å²) in [6.07, 6.45) is 1.48. The third kappa shape index (κ3) is 4.19. The maximum Gasteiger partial charge on any atom is 0.275 e. The van der Waals surface area contributed by atoms with Gasteiger partial charge in [0.15, 0.2) is 0 Å². The number of methoxy groups -OCH3 is 1. The number of amides is 1. The molecule has 0 radical (unpaired) electrons. The number of hydrogen-bond acceptors (Lipinski definition) is 5. The second-order valence-corrected chi connectivity index (χ2v) is 6.48. The van der Waals surface area contributed by atoms with E-state index in [1.54, 1.807) is 12.1 Å². The van der Waals surface area contributed by atoms with Crippen LogP contribution in [0.5, 0.6) is 5.75 Å². The SMILES string of the molecule is COc1ccc([N+](=O)[O-])cc1C(=O)N/N=C\c1cc(C)n(-c2ccc(F)cc2)c1C. The number of nitrogens with zero attached hydrogens (tertiary/aromatic N) is 3. The molecule has 9 heteroatoms. The van der Waals surface area contributed by atoms with Crippen molar-refractivity contribution in [3.8, 4) is 11.4 Å². The molecule has 2 aromatic carbocycles. The van der Waals surface area contributed by atoms with E-state index < -0.39 is 10.8 Å². The number of aromatic nitrogens is 1. The largest absolute Gasteiger partial charge is 0.496 e. The molecule has 3 rings (SSSR count). The Labute approximate surface area is 171 Å². The van der Waals surface area contributed by atoms with Crippen LogP contribution in [-0.4, -0.2) is 28.7 Å². The standard InChI is InChI=1S/C21H19FN4O4/c1-13-10-15(14(2)25(13)17-6-4-16(22)5-7-17)12-23-24-21(27)19-11-18(26(28)29)8-9-20(19)30-3/h4-12H,1-3H3,(H,24,27)/b23-12-. The van der Waals surface area contributed by atoms with Gasteiger partial charge in [0, 0.05) is 34.8 Å². The van der Waals surface area contributed by atoms with E-state index in [-0.39, 0.29) is 22.8 Å². The molecular formula is C21H19FN4O4. The predicted octanol–water partition coefficient (Wildman–Crippen LogP) is 3.91. The summed E-state index contributed by atoms with van der Waals surface area (Å²) in [6.45, 7) is 3.78. The summed E-state index contributed by atoms with van der Waals surface area (Å²) in [5, 5.41) is 14.9. The number of non-ortho nitro benzene ring substituents is 1. The molecule has 0 saturated heterocycles. The molecule has 1 aromatic heterocycles. The maximum atomic E-state index is 13.2. The monoisotopic (exact) mass is 410 g/mol. The fourth-order valence-corrected chi connectivity index (χ4v) is 3.11. The van der Waals surface area contributed by atoms with Crippen LogP contribution in [0.4, 0.5) is 10.1 Å². The van der Waals surface area contributed by atoms with Crippen molar-refractivity contribution in [2.24, 2.45) is 5.10 Å². The first-order valence-corrected chi connectivity index (χ1v) is 8.92. The molecule has 1 amide bonds. The normalized spacial score (nSPS) is 10.9. The molecule has 0 aliphatic carbocycles. The number of benzene rings is 2. The summed E-state index contributed by atoms with van der Waals surface area (Å²) < 4.78 is 20.2. The summed E-state index contributed by atoms with van der Waals surface area (Å²) in [7, 11) is 1.37. The van der Waals surface area contributed by atoms with Gasteiger partial charge in [-0.15, -0.1) is 0 Å². The van der Waals surface area contributed by atoms with Gasteiger partial charge >= 0.3 is 0 Å². The highest BCUT2D eigenvalue weighted by Gasteiger charge is 2.17. The molecule has 8 nitrogen and oxygen atoms in total. The van der Waals surface area contributed by atoms with Gasteiger partial charge in [-0.05, 0) is 50.2 Å². The molecule has 3 aromatic rings. The molecule has 0 aliphatic rings. The van der Waals surface area contributed by atoms with Gasteiger partial charge in [0.1, 0.15) is 11.6 Å². The molecule has 0 saturated carbocycles. The summed E-state index contributed by atoms with van der Waals surface area (Å²) in [4.78, 5) is 22.8. The van der Waals surface area contributed by atoms with Gasteiger partial charge in [-0.3, -0.25) is 14.9 Å². The lowest BCUT2D eigenvalue weighted by Gasteiger charge is -2.09. The Hall–Kier alpha value is -4.01. The van der Waals surface area contributed by atoms with Crippen molar-refractivity contribution in [2.45, 2.75) is 13.8 Å². The third-order valence-electron chi connectivity index (χ3n) is 4.56. The Morgan fingerprint density at radius 1 is 1.20 bits per heavy atom. The van der Waals surface area contributed by atoms with Crippen LogP contribution in [0.2, 0.25) is 0 Å². The molecule has 0 fully saturated rings. The maximum absolute atomic E-state index is 13.2. The number of nitrogens with one attached hydrogen (secondary N) is 1. The lowest BCUT2D eigenvalue weighted by molar-refractivity contribution is -0.384. The van der Waals surface area contributed by atoms with Gasteiger partial charge in [-0.25, -0.2) is 9.82 Å². The van der Waals surface area contributed by atoms with Crippen molar-refractivity contribution >= 4 is 17.8 Å². The minimum Gasteiger partial charge on any atom is -0.496 e. The van der Waals surface area contributed by atoms with Gasteiger partial charge in [0.05, 0.1) is 23.8 Å². The van der Waals surface area contributed by atoms with E-state index in [0.29, 0.717) is 0 Å². The van der Waals surface area contributed by atoms with E-state index in [1.165, 1.54) is 37.6 Å². The van der Waals surface area contributed by atoms with Crippen LogP contribution in [0.25, 0.3) is 5.69 Å². The third-order valence-corrected chi connectivity index (χ3v) is 4.56. The first-order chi connectivity index (χ1) is 14.3. The van der Waals surface area contributed by atoms with E-state index in [0.717, 1.165) is 28.7 Å². The highest BCUT2D eigenvalue weighted by molar-refractivity contribution is 5.98. The molecular weight excluding hydrogens is 391 g/mol. The Morgan fingerprint density at radius 2 is 1.90 bits per heavy atom. The number of hydrazone groups is 1. The van der Waals surface area contributed by atoms with E-state index in [4.69, 9.17) is 4.74 Å². The van der Waals surface area contributed by atoms with Crippen molar-refractivity contribution in [3.05, 3.63) is 87.0 Å². The fraction of sp³-hybridized carbons (Fsp3) is 0.143. The van der Waals surface area contributed by atoms with Crippen LogP contribution < -0.4 is 10.2 Å². The van der Waals surface area contributed by atoms with Crippen molar-refractivity contribution in [1.82, 2.24) is 9.99 Å². The van der Waals surface area contributed by atoms with Crippen molar-refractivity contribution < 1.29 is 18.8 Å². The number of aryl methyl sites for hydroxylation is 1. The average Bonchev–Trinajstić information content (AvgIpc) is 3.01. The number of ether oxygens (including phenoxy) is 1. The highest BCUT2D eigenvalue weighted by Crippen LogP contribution is 2.24. The first kappa shape index (κ1) is 20.7. The highest BCUT2D eigenvalue weighted by atomic mass is 19.1. The summed E-state index contributed by atoms with van der Waals surface area (Å²) in [5.41, 5.74) is 5.45. The van der Waals surface area contributed by atoms with Crippen molar-refractivity contribution in [1.29, 1.82) is 0 Å². The molecule has 0 spiro atoms. The molecule has 1 heterocycles. The number of carbonyl (C=O) groups is 1. The number of halogens is 1. The molecule has 0 unspecified atom stereocenters. The van der Waals surface area contributed by atoms with Crippen molar-refractivity contribution in [3.63, 3.8) is 0 Å². The lowest BCUT2D eigenvalue weighted by atomic mass is 10.1. The minimum absolute atomic E-state index is 0.000588. The average molecular weight is 410 g/mol. The van der Waals surface area contributed by atoms with Crippen LogP contribution in [0.15, 0.2) is 53.6 Å². The van der Waals surface area contributed by atoms with Crippen LogP contribution in [0, 0.1) is 29.8 Å². The van der Waals surface area contributed by atoms with Crippen LogP contribution in [-0.2, 0) is 0 Å². The zero-order chi connectivity index (χ0) is 21.8. The Kier molecular flexibility index (Phi) is 5.91. The number of hydrogen-bond donors (Lipinski definition) is 1.